The number of hydrogen-bond acceptors (Lipinski definition) is 6. The maximum Gasteiger partial charge on any atom is 0.321 e. The third-order valence-electron chi connectivity index (χ3n) is 7.27. The van der Waals surface area contributed by atoms with Gasteiger partial charge in [-0.25, -0.2) is 4.79 Å². The number of amides is 4. The molecule has 10 nitrogen and oxygen atoms in total. The molecule has 4 amide bonds. The standard InChI is InChI=1S/C29H38N4O6/c1-18-15-33(19(2)17-34)27(35)14-21-13-23(30-28(36)20-5-6-20)9-12-25(21)39-26(18)16-32(3)29(37)31-22-7-10-24(38-4)11-8-22/h7-13,18-20,26,34H,5-6,14-17H2,1-4H3,(H,30,36)(H,31,37)/t18-,19-,26+/m1/s1. The lowest BCUT2D eigenvalue weighted by atomic mass is 10.0. The highest BCUT2D eigenvalue weighted by molar-refractivity contribution is 5.94. The normalized spacial score (nSPS) is 19.9. The van der Waals surface area contributed by atoms with Gasteiger partial charge < -0.3 is 35.0 Å². The molecule has 39 heavy (non-hydrogen) atoms. The average molecular weight is 539 g/mol. The molecule has 10 heteroatoms. The zero-order chi connectivity index (χ0) is 28.1. The van der Waals surface area contributed by atoms with Crippen molar-refractivity contribution in [1.82, 2.24) is 9.80 Å². The fourth-order valence-electron chi connectivity index (χ4n) is 4.56. The number of nitrogens with zero attached hydrogens (tertiary/aromatic N) is 2. The van der Waals surface area contributed by atoms with E-state index in [0.29, 0.717) is 35.0 Å². The van der Waals surface area contributed by atoms with Crippen molar-refractivity contribution in [3.8, 4) is 11.5 Å². The number of fused-ring (bicyclic) bond motifs is 1. The van der Waals surface area contributed by atoms with Gasteiger partial charge in [-0.2, -0.15) is 0 Å². The third-order valence-corrected chi connectivity index (χ3v) is 7.27. The highest BCUT2D eigenvalue weighted by Gasteiger charge is 2.33. The van der Waals surface area contributed by atoms with Crippen molar-refractivity contribution >= 4 is 29.2 Å². The van der Waals surface area contributed by atoms with E-state index in [1.54, 1.807) is 73.3 Å². The molecule has 2 aliphatic rings. The first kappa shape index (κ1) is 28.2. The predicted octanol–water partition coefficient (Wildman–Crippen LogP) is 3.36. The van der Waals surface area contributed by atoms with Crippen LogP contribution in [0.5, 0.6) is 11.5 Å². The van der Waals surface area contributed by atoms with Gasteiger partial charge in [-0.1, -0.05) is 6.92 Å². The molecular formula is C29H38N4O6. The van der Waals surface area contributed by atoms with Gasteiger partial charge in [-0.05, 0) is 62.2 Å². The molecular weight excluding hydrogens is 500 g/mol. The Balaban J connectivity index is 1.55. The van der Waals surface area contributed by atoms with E-state index in [2.05, 4.69) is 10.6 Å². The first-order valence-corrected chi connectivity index (χ1v) is 13.4. The fraction of sp³-hybridized carbons (Fsp3) is 0.483. The second-order valence-electron chi connectivity index (χ2n) is 10.5. The van der Waals surface area contributed by atoms with Crippen LogP contribution in [0.25, 0.3) is 0 Å². The molecule has 3 atom stereocenters. The number of aliphatic hydroxyl groups is 1. The Bertz CT molecular complexity index is 1180. The van der Waals surface area contributed by atoms with E-state index in [9.17, 15) is 19.5 Å². The summed E-state index contributed by atoms with van der Waals surface area (Å²) in [7, 11) is 3.27. The van der Waals surface area contributed by atoms with Gasteiger partial charge in [0.2, 0.25) is 11.8 Å². The smallest absolute Gasteiger partial charge is 0.321 e. The van der Waals surface area contributed by atoms with Gasteiger partial charge in [-0.15, -0.1) is 0 Å². The number of aliphatic hydroxyl groups excluding tert-OH is 1. The lowest BCUT2D eigenvalue weighted by molar-refractivity contribution is -0.134. The Kier molecular flexibility index (Phi) is 8.96. The number of urea groups is 1. The van der Waals surface area contributed by atoms with E-state index in [-0.39, 0.29) is 55.3 Å². The molecule has 1 fully saturated rings. The number of likely N-dealkylation sites (N-methyl/N-ethyl adjacent to an activating group) is 1. The molecule has 1 heterocycles. The Hall–Kier alpha value is -3.79. The summed E-state index contributed by atoms with van der Waals surface area (Å²) in [5, 5.41) is 15.6. The topological polar surface area (TPSA) is 120 Å². The van der Waals surface area contributed by atoms with Crippen LogP contribution in [-0.2, 0) is 16.0 Å². The molecule has 4 rings (SSSR count). The Morgan fingerprint density at radius 3 is 2.49 bits per heavy atom. The summed E-state index contributed by atoms with van der Waals surface area (Å²) in [6.45, 7) is 4.23. The van der Waals surface area contributed by atoms with Crippen molar-refractivity contribution in [1.29, 1.82) is 0 Å². The number of methoxy groups -OCH3 is 1. The van der Waals surface area contributed by atoms with Crippen LogP contribution in [0, 0.1) is 11.8 Å². The van der Waals surface area contributed by atoms with E-state index in [1.807, 2.05) is 6.92 Å². The van der Waals surface area contributed by atoms with Gasteiger partial charge in [0.05, 0.1) is 32.7 Å². The summed E-state index contributed by atoms with van der Waals surface area (Å²) in [5.41, 5.74) is 1.90. The van der Waals surface area contributed by atoms with E-state index in [1.165, 1.54) is 0 Å². The number of rotatable bonds is 8. The van der Waals surface area contributed by atoms with Gasteiger partial charge in [0.1, 0.15) is 17.6 Å². The van der Waals surface area contributed by atoms with Crippen LogP contribution in [-0.4, -0.2) is 78.8 Å². The van der Waals surface area contributed by atoms with Crippen molar-refractivity contribution in [2.75, 3.05) is 44.5 Å². The van der Waals surface area contributed by atoms with Gasteiger partial charge in [0.15, 0.2) is 0 Å². The number of carbonyl (C=O) groups excluding carboxylic acids is 3. The molecule has 3 N–H and O–H groups in total. The molecule has 1 aliphatic heterocycles. The van der Waals surface area contributed by atoms with E-state index >= 15 is 0 Å². The summed E-state index contributed by atoms with van der Waals surface area (Å²) < 4.78 is 11.6. The molecule has 0 aromatic heterocycles. The Morgan fingerprint density at radius 2 is 1.85 bits per heavy atom. The summed E-state index contributed by atoms with van der Waals surface area (Å²) in [6.07, 6.45) is 1.42. The Labute approximate surface area is 229 Å². The van der Waals surface area contributed by atoms with Gasteiger partial charge >= 0.3 is 6.03 Å². The van der Waals surface area contributed by atoms with E-state index in [0.717, 1.165) is 12.8 Å². The summed E-state index contributed by atoms with van der Waals surface area (Å²) in [4.78, 5) is 41.9. The van der Waals surface area contributed by atoms with Crippen molar-refractivity contribution in [3.05, 3.63) is 48.0 Å². The van der Waals surface area contributed by atoms with Crippen LogP contribution >= 0.6 is 0 Å². The fourth-order valence-corrected chi connectivity index (χ4v) is 4.56. The van der Waals surface area contributed by atoms with Crippen molar-refractivity contribution < 1.29 is 29.0 Å². The first-order valence-electron chi connectivity index (χ1n) is 13.4. The molecule has 2 aromatic rings. The van der Waals surface area contributed by atoms with Gasteiger partial charge in [-0.3, -0.25) is 9.59 Å². The molecule has 210 valence electrons. The molecule has 2 aromatic carbocycles. The zero-order valence-electron chi connectivity index (χ0n) is 23.0. The van der Waals surface area contributed by atoms with Crippen LogP contribution < -0.4 is 20.1 Å². The first-order chi connectivity index (χ1) is 18.7. The molecule has 0 radical (unpaired) electrons. The second kappa shape index (κ2) is 12.4. The average Bonchev–Trinajstić information content (AvgIpc) is 3.77. The lowest BCUT2D eigenvalue weighted by Gasteiger charge is -2.34. The lowest BCUT2D eigenvalue weighted by Crippen LogP contribution is -2.48. The summed E-state index contributed by atoms with van der Waals surface area (Å²) in [6, 6.07) is 11.7. The second-order valence-corrected chi connectivity index (χ2v) is 10.5. The summed E-state index contributed by atoms with van der Waals surface area (Å²) >= 11 is 0. The zero-order valence-corrected chi connectivity index (χ0v) is 23.0. The predicted molar refractivity (Wildman–Crippen MR) is 148 cm³/mol. The molecule has 1 aliphatic carbocycles. The molecule has 0 bridgehead atoms. The minimum absolute atomic E-state index is 0.0169. The molecule has 1 saturated carbocycles. The highest BCUT2D eigenvalue weighted by Crippen LogP contribution is 2.32. The maximum absolute atomic E-state index is 13.4. The minimum Gasteiger partial charge on any atom is -0.497 e. The van der Waals surface area contributed by atoms with E-state index < -0.39 is 6.10 Å². The largest absolute Gasteiger partial charge is 0.497 e. The Morgan fingerprint density at radius 1 is 1.15 bits per heavy atom. The van der Waals surface area contributed by atoms with E-state index in [4.69, 9.17) is 9.47 Å². The van der Waals surface area contributed by atoms with Crippen molar-refractivity contribution in [2.24, 2.45) is 11.8 Å². The molecule has 0 unspecified atom stereocenters. The monoisotopic (exact) mass is 538 g/mol. The highest BCUT2D eigenvalue weighted by atomic mass is 16.5. The third kappa shape index (κ3) is 7.20. The van der Waals surface area contributed by atoms with Crippen molar-refractivity contribution in [3.63, 3.8) is 0 Å². The van der Waals surface area contributed by atoms with Gasteiger partial charge in [0, 0.05) is 42.4 Å². The van der Waals surface area contributed by atoms with Crippen LogP contribution in [0.3, 0.4) is 0 Å². The quantitative estimate of drug-likeness (QED) is 0.474. The maximum atomic E-state index is 13.4. The number of anilines is 2. The van der Waals surface area contributed by atoms with Gasteiger partial charge in [0.25, 0.3) is 0 Å². The SMILES string of the molecule is COc1ccc(NC(=O)N(C)C[C@@H]2Oc3ccc(NC(=O)C4CC4)cc3CC(=O)N([C@H](C)CO)C[C@H]2C)cc1. The number of benzene rings is 2. The van der Waals surface area contributed by atoms with Crippen LogP contribution in [0.4, 0.5) is 16.2 Å². The summed E-state index contributed by atoms with van der Waals surface area (Å²) in [5.74, 6) is 0.978. The minimum atomic E-state index is -0.443. The molecule has 0 saturated heterocycles. The van der Waals surface area contributed by atoms with Crippen LogP contribution in [0.15, 0.2) is 42.5 Å². The van der Waals surface area contributed by atoms with Crippen LogP contribution in [0.1, 0.15) is 32.3 Å². The molecule has 0 spiro atoms. The van der Waals surface area contributed by atoms with Crippen LogP contribution in [0.2, 0.25) is 0 Å². The number of carbonyl (C=O) groups is 3. The number of nitrogens with one attached hydrogen (secondary N) is 2. The van der Waals surface area contributed by atoms with Crippen molar-refractivity contribution in [2.45, 2.75) is 45.3 Å². The number of ether oxygens (including phenoxy) is 2. The number of hydrogen-bond donors (Lipinski definition) is 3.